The molecule has 186 valence electrons. The van der Waals surface area contributed by atoms with Gasteiger partial charge in [-0.15, -0.1) is 0 Å². The van der Waals surface area contributed by atoms with Gasteiger partial charge in [-0.2, -0.15) is 0 Å². The Bertz CT molecular complexity index is 1170. The van der Waals surface area contributed by atoms with Crippen LogP contribution >= 0.6 is 0 Å². The van der Waals surface area contributed by atoms with Gasteiger partial charge in [0.05, 0.1) is 0 Å². The lowest BCUT2D eigenvalue weighted by molar-refractivity contribution is 0.0707. The fourth-order valence-electron chi connectivity index (χ4n) is 5.29. The molecule has 35 heavy (non-hydrogen) atoms. The van der Waals surface area contributed by atoms with Crippen molar-refractivity contribution in [3.8, 4) is 0 Å². The van der Waals surface area contributed by atoms with Crippen molar-refractivity contribution in [3.05, 3.63) is 93.9 Å². The van der Waals surface area contributed by atoms with Crippen molar-refractivity contribution in [1.29, 1.82) is 0 Å². The molecule has 1 aromatic heterocycles. The fraction of sp³-hybridized carbons (Fsp3) is 0.469. The maximum atomic E-state index is 13.4. The van der Waals surface area contributed by atoms with Gasteiger partial charge in [0, 0.05) is 19.5 Å². The van der Waals surface area contributed by atoms with Crippen molar-refractivity contribution in [2.24, 2.45) is 0 Å². The minimum atomic E-state index is -0.0291. The molecule has 0 spiro atoms. The van der Waals surface area contributed by atoms with Crippen molar-refractivity contribution in [3.63, 3.8) is 0 Å². The summed E-state index contributed by atoms with van der Waals surface area (Å²) < 4.78 is 6.15. The highest BCUT2D eigenvalue weighted by Gasteiger charge is 2.37. The molecular formula is C32H41NO2. The van der Waals surface area contributed by atoms with Gasteiger partial charge in [-0.3, -0.25) is 4.79 Å². The first-order valence-electron chi connectivity index (χ1n) is 13.2. The third kappa shape index (κ3) is 5.55. The summed E-state index contributed by atoms with van der Waals surface area (Å²) in [5.74, 6) is 1.25. The number of carbonyl (C=O) groups excluding carboxylic acids is 1. The molecule has 1 heterocycles. The summed E-state index contributed by atoms with van der Waals surface area (Å²) in [4.78, 5) is 15.3. The van der Waals surface area contributed by atoms with Crippen molar-refractivity contribution < 1.29 is 9.21 Å². The topological polar surface area (TPSA) is 33.5 Å². The van der Waals surface area contributed by atoms with Crippen LogP contribution in [-0.2, 0) is 23.8 Å². The highest BCUT2D eigenvalue weighted by molar-refractivity contribution is 5.91. The van der Waals surface area contributed by atoms with Crippen LogP contribution < -0.4 is 0 Å². The predicted molar refractivity (Wildman–Crippen MR) is 144 cm³/mol. The van der Waals surface area contributed by atoms with Crippen LogP contribution in [0, 0.1) is 6.92 Å². The Labute approximate surface area is 211 Å². The van der Waals surface area contributed by atoms with Crippen molar-refractivity contribution in [2.45, 2.75) is 91.0 Å². The molecule has 3 aromatic rings. The van der Waals surface area contributed by atoms with E-state index in [0.29, 0.717) is 18.7 Å². The number of benzene rings is 2. The molecule has 0 saturated carbocycles. The van der Waals surface area contributed by atoms with E-state index in [4.69, 9.17) is 4.42 Å². The highest BCUT2D eigenvalue weighted by atomic mass is 16.4. The van der Waals surface area contributed by atoms with Crippen LogP contribution in [0.3, 0.4) is 0 Å². The average molecular weight is 472 g/mol. The smallest absolute Gasteiger partial charge is 0.289 e. The SMILES string of the molecule is CCCCN(Cc1ccccc1)C(=O)c1ccc(Cc2cc3c(cc2C)C(C)(C)CCC3(C)C)o1. The van der Waals surface area contributed by atoms with Gasteiger partial charge in [-0.05, 0) is 77.0 Å². The van der Waals surface area contributed by atoms with E-state index in [1.165, 1.54) is 35.1 Å². The number of unbranched alkanes of at least 4 members (excludes halogenated alkanes) is 1. The zero-order valence-electron chi connectivity index (χ0n) is 22.4. The maximum absolute atomic E-state index is 13.4. The van der Waals surface area contributed by atoms with Gasteiger partial charge in [0.1, 0.15) is 5.76 Å². The summed E-state index contributed by atoms with van der Waals surface area (Å²) >= 11 is 0. The number of nitrogens with zero attached hydrogens (tertiary/aromatic N) is 1. The molecule has 1 amide bonds. The second-order valence-electron chi connectivity index (χ2n) is 11.6. The molecule has 4 rings (SSSR count). The summed E-state index contributed by atoms with van der Waals surface area (Å²) in [6.45, 7) is 15.1. The van der Waals surface area contributed by atoms with Gasteiger partial charge < -0.3 is 9.32 Å². The zero-order chi connectivity index (χ0) is 25.2. The second kappa shape index (κ2) is 10.0. The van der Waals surface area contributed by atoms with E-state index in [9.17, 15) is 4.79 Å². The van der Waals surface area contributed by atoms with E-state index in [-0.39, 0.29) is 16.7 Å². The summed E-state index contributed by atoms with van der Waals surface area (Å²) in [6, 6.07) is 18.8. The Morgan fingerprint density at radius 2 is 1.60 bits per heavy atom. The minimum Gasteiger partial charge on any atom is -0.456 e. The molecule has 0 atom stereocenters. The monoisotopic (exact) mass is 471 g/mol. The van der Waals surface area contributed by atoms with Gasteiger partial charge in [-0.1, -0.05) is 83.5 Å². The molecule has 0 unspecified atom stereocenters. The normalized spacial score (nSPS) is 16.1. The highest BCUT2D eigenvalue weighted by Crippen LogP contribution is 2.46. The Kier molecular flexibility index (Phi) is 7.26. The second-order valence-corrected chi connectivity index (χ2v) is 11.6. The van der Waals surface area contributed by atoms with Crippen LogP contribution in [0.5, 0.6) is 0 Å². The Hall–Kier alpha value is -2.81. The molecule has 0 radical (unpaired) electrons. The van der Waals surface area contributed by atoms with Gasteiger partial charge in [0.15, 0.2) is 5.76 Å². The van der Waals surface area contributed by atoms with E-state index in [0.717, 1.165) is 30.7 Å². The summed E-state index contributed by atoms with van der Waals surface area (Å²) in [6.07, 6.45) is 5.15. The number of fused-ring (bicyclic) bond motifs is 1. The minimum absolute atomic E-state index is 0.0291. The molecule has 2 aromatic carbocycles. The number of carbonyl (C=O) groups is 1. The number of hydrogen-bond acceptors (Lipinski definition) is 2. The van der Waals surface area contributed by atoms with Crippen LogP contribution in [-0.4, -0.2) is 17.4 Å². The van der Waals surface area contributed by atoms with Crippen molar-refractivity contribution in [2.75, 3.05) is 6.54 Å². The third-order valence-corrected chi connectivity index (χ3v) is 7.83. The first-order chi connectivity index (χ1) is 16.6. The van der Waals surface area contributed by atoms with Gasteiger partial charge in [-0.25, -0.2) is 0 Å². The average Bonchev–Trinajstić information content (AvgIpc) is 3.29. The Balaban J connectivity index is 1.56. The Morgan fingerprint density at radius 1 is 0.943 bits per heavy atom. The molecule has 0 aliphatic heterocycles. The first-order valence-corrected chi connectivity index (χ1v) is 13.2. The van der Waals surface area contributed by atoms with E-state index < -0.39 is 0 Å². The molecule has 1 aliphatic carbocycles. The van der Waals surface area contributed by atoms with E-state index in [2.05, 4.69) is 65.8 Å². The molecule has 3 nitrogen and oxygen atoms in total. The summed E-state index contributed by atoms with van der Waals surface area (Å²) in [5.41, 5.74) is 7.05. The van der Waals surface area contributed by atoms with Gasteiger partial charge in [0.25, 0.3) is 5.91 Å². The van der Waals surface area contributed by atoms with Crippen molar-refractivity contribution in [1.82, 2.24) is 4.90 Å². The largest absolute Gasteiger partial charge is 0.456 e. The standard InChI is InChI=1S/C32H41NO2/c1-7-8-18-33(22-24-12-10-9-11-13-24)30(34)29-15-14-26(35-29)20-25-21-28-27(19-23(25)2)31(3,4)16-17-32(28,5)6/h9-15,19,21H,7-8,16-18,20,22H2,1-6H3. The molecule has 3 heteroatoms. The van der Waals surface area contributed by atoms with Gasteiger partial charge in [0.2, 0.25) is 0 Å². The number of aryl methyl sites for hydroxylation is 1. The number of rotatable bonds is 8. The van der Waals surface area contributed by atoms with Crippen molar-refractivity contribution >= 4 is 5.91 Å². The third-order valence-electron chi connectivity index (χ3n) is 7.83. The van der Waals surface area contributed by atoms with E-state index in [1.807, 2.05) is 35.2 Å². The van der Waals surface area contributed by atoms with E-state index in [1.54, 1.807) is 0 Å². The summed E-state index contributed by atoms with van der Waals surface area (Å²) in [5, 5.41) is 0. The van der Waals surface area contributed by atoms with Crippen LogP contribution in [0.25, 0.3) is 0 Å². The quantitative estimate of drug-likeness (QED) is 0.334. The fourth-order valence-corrected chi connectivity index (χ4v) is 5.29. The lowest BCUT2D eigenvalue weighted by atomic mass is 9.62. The van der Waals surface area contributed by atoms with Crippen LogP contribution in [0.2, 0.25) is 0 Å². The molecule has 0 fully saturated rings. The molecule has 1 aliphatic rings. The van der Waals surface area contributed by atoms with E-state index >= 15 is 0 Å². The molecular weight excluding hydrogens is 430 g/mol. The molecule has 0 bridgehead atoms. The zero-order valence-corrected chi connectivity index (χ0v) is 22.4. The molecule has 0 N–H and O–H groups in total. The predicted octanol–water partition coefficient (Wildman–Crippen LogP) is 7.97. The maximum Gasteiger partial charge on any atom is 0.289 e. The van der Waals surface area contributed by atoms with Crippen LogP contribution in [0.4, 0.5) is 0 Å². The van der Waals surface area contributed by atoms with Gasteiger partial charge >= 0.3 is 0 Å². The van der Waals surface area contributed by atoms with Crippen LogP contribution in [0.15, 0.2) is 59.0 Å². The lowest BCUT2D eigenvalue weighted by Gasteiger charge is -2.42. The lowest BCUT2D eigenvalue weighted by Crippen LogP contribution is -2.34. The number of furan rings is 1. The molecule has 0 saturated heterocycles. The first kappa shape index (κ1) is 25.3. The summed E-state index contributed by atoms with van der Waals surface area (Å²) in [7, 11) is 0. The Morgan fingerprint density at radius 3 is 2.26 bits per heavy atom. The number of amides is 1. The van der Waals surface area contributed by atoms with Crippen LogP contribution in [0.1, 0.15) is 104 Å². The number of hydrogen-bond donors (Lipinski definition) is 0.